The number of hydrogen-bond acceptors (Lipinski definition) is 5. The quantitative estimate of drug-likeness (QED) is 0.406. The first-order valence-electron chi connectivity index (χ1n) is 10.3. The van der Waals surface area contributed by atoms with Crippen LogP contribution in [-0.4, -0.2) is 26.5 Å². The van der Waals surface area contributed by atoms with Crippen molar-refractivity contribution in [2.75, 3.05) is 0 Å². The largest absolute Gasteiger partial charge is 0.502 e. The third kappa shape index (κ3) is 5.47. The molecule has 160 valence electrons. The lowest BCUT2D eigenvalue weighted by Gasteiger charge is -2.12. The lowest BCUT2D eigenvalue weighted by atomic mass is 9.95. The molecule has 7 heteroatoms. The molecule has 0 fully saturated rings. The average molecular weight is 436 g/mol. The van der Waals surface area contributed by atoms with Crippen molar-refractivity contribution in [1.82, 2.24) is 9.36 Å². The predicted molar refractivity (Wildman–Crippen MR) is 123 cm³/mol. The number of aryl methyl sites for hydroxylation is 1. The number of hydrogen-bond donors (Lipinski definition) is 1. The Hall–Kier alpha value is -3.24. The molecular weight excluding hydrogens is 410 g/mol. The van der Waals surface area contributed by atoms with Gasteiger partial charge in [0.15, 0.2) is 5.82 Å². The van der Waals surface area contributed by atoms with Crippen molar-refractivity contribution in [2.45, 2.75) is 52.6 Å². The van der Waals surface area contributed by atoms with Crippen LogP contribution in [0.1, 0.15) is 44.7 Å². The van der Waals surface area contributed by atoms with Crippen LogP contribution in [0.3, 0.4) is 0 Å². The van der Waals surface area contributed by atoms with Gasteiger partial charge in [0.05, 0.1) is 12.7 Å². The summed E-state index contributed by atoms with van der Waals surface area (Å²) in [5.74, 6) is 0.452. The van der Waals surface area contributed by atoms with Crippen LogP contribution in [0.15, 0.2) is 36.4 Å². The molecule has 6 nitrogen and oxygen atoms in total. The fourth-order valence-corrected chi connectivity index (χ4v) is 4.14. The number of carbonyl (C=O) groups is 1. The summed E-state index contributed by atoms with van der Waals surface area (Å²) in [7, 11) is 0. The minimum Gasteiger partial charge on any atom is -0.502 e. The first-order chi connectivity index (χ1) is 14.9. The first kappa shape index (κ1) is 22.4. The summed E-state index contributed by atoms with van der Waals surface area (Å²) in [6.07, 6.45) is 2.29. The molecule has 1 heterocycles. The van der Waals surface area contributed by atoms with Gasteiger partial charge in [-0.15, -0.1) is 0 Å². The zero-order chi connectivity index (χ0) is 22.4. The van der Waals surface area contributed by atoms with E-state index in [1.54, 1.807) is 6.07 Å². The molecule has 0 saturated carbocycles. The number of ether oxygens (including phenoxy) is 1. The summed E-state index contributed by atoms with van der Waals surface area (Å²) < 4.78 is 10.3. The maximum absolute atomic E-state index is 10.8. The maximum Gasteiger partial charge on any atom is 0.303 e. The third-order valence-corrected chi connectivity index (χ3v) is 5.58. The number of nitrogens with zero attached hydrogens (tertiary/aromatic N) is 3. The Kier molecular flexibility index (Phi) is 7.37. The number of benzene rings is 2. The molecule has 31 heavy (non-hydrogen) atoms. The van der Waals surface area contributed by atoms with Crippen LogP contribution >= 0.6 is 11.5 Å². The maximum atomic E-state index is 10.8. The standard InChI is InChI=1S/C24H25N3O3S/c1-5-18-16(9-7-11-22(28)29)8-6-10-19(18)23-26-24(31-27-23)17-12-13-21(30-15(2)3)20(14-17)25-4/h6,8,10,12-15H,5,7,9,11H2,1-3H3,(H,28,29). The van der Waals surface area contributed by atoms with Crippen molar-refractivity contribution in [3.8, 4) is 27.7 Å². The molecule has 1 N–H and O–H groups in total. The van der Waals surface area contributed by atoms with Crippen LogP contribution in [0, 0.1) is 6.57 Å². The Balaban J connectivity index is 1.90. The van der Waals surface area contributed by atoms with Gasteiger partial charge in [-0.3, -0.25) is 4.79 Å². The van der Waals surface area contributed by atoms with E-state index >= 15 is 0 Å². The van der Waals surface area contributed by atoms with Gasteiger partial charge in [-0.1, -0.05) is 31.2 Å². The molecule has 0 aliphatic rings. The predicted octanol–water partition coefficient (Wildman–Crippen LogP) is 6.18. The minimum absolute atomic E-state index is 0.00489. The molecule has 0 bridgehead atoms. The second-order valence-corrected chi connectivity index (χ2v) is 8.18. The van der Waals surface area contributed by atoms with Gasteiger partial charge in [-0.25, -0.2) is 9.83 Å². The molecular formula is C24H25N3O3S. The zero-order valence-electron chi connectivity index (χ0n) is 17.9. The molecule has 1 aromatic heterocycles. The van der Waals surface area contributed by atoms with Gasteiger partial charge >= 0.3 is 5.97 Å². The number of rotatable bonds is 9. The molecule has 0 spiro atoms. The molecule has 3 rings (SSSR count). The van der Waals surface area contributed by atoms with Gasteiger partial charge < -0.3 is 9.84 Å². The van der Waals surface area contributed by atoms with Crippen molar-refractivity contribution in [1.29, 1.82) is 0 Å². The highest BCUT2D eigenvalue weighted by Crippen LogP contribution is 2.36. The molecule has 0 unspecified atom stereocenters. The van der Waals surface area contributed by atoms with Crippen LogP contribution in [-0.2, 0) is 17.6 Å². The van der Waals surface area contributed by atoms with Crippen molar-refractivity contribution in [2.24, 2.45) is 0 Å². The Morgan fingerprint density at radius 1 is 1.29 bits per heavy atom. The summed E-state index contributed by atoms with van der Waals surface area (Å²) in [5.41, 5.74) is 4.56. The molecule has 0 aliphatic heterocycles. The summed E-state index contributed by atoms with van der Waals surface area (Å²) >= 11 is 1.30. The van der Waals surface area contributed by atoms with Gasteiger partial charge in [0.2, 0.25) is 5.69 Å². The van der Waals surface area contributed by atoms with Gasteiger partial charge in [0.1, 0.15) is 10.8 Å². The van der Waals surface area contributed by atoms with Gasteiger partial charge in [0.25, 0.3) is 0 Å². The SMILES string of the molecule is [C-]#[N+]c1cc(-c2nc(-c3cccc(CCCC(=O)O)c3CC)ns2)ccc1OC(C)C. The van der Waals surface area contributed by atoms with Crippen LogP contribution in [0.4, 0.5) is 5.69 Å². The highest BCUT2D eigenvalue weighted by molar-refractivity contribution is 7.09. The summed E-state index contributed by atoms with van der Waals surface area (Å²) in [6.45, 7) is 13.4. The molecule has 0 aliphatic carbocycles. The van der Waals surface area contributed by atoms with E-state index in [-0.39, 0.29) is 12.5 Å². The van der Waals surface area contributed by atoms with Gasteiger partial charge in [0, 0.05) is 17.5 Å². The molecule has 0 radical (unpaired) electrons. The topological polar surface area (TPSA) is 76.7 Å². The van der Waals surface area contributed by atoms with Crippen molar-refractivity contribution < 1.29 is 14.6 Å². The fourth-order valence-electron chi connectivity index (χ4n) is 3.47. The van der Waals surface area contributed by atoms with Crippen LogP contribution in [0.25, 0.3) is 26.8 Å². The molecule has 3 aromatic rings. The number of carboxylic acid groups (broad SMARTS) is 1. The van der Waals surface area contributed by atoms with Crippen molar-refractivity contribution in [3.63, 3.8) is 0 Å². The van der Waals surface area contributed by atoms with E-state index < -0.39 is 5.97 Å². The van der Waals surface area contributed by atoms with Crippen LogP contribution in [0.2, 0.25) is 0 Å². The first-order valence-corrected chi connectivity index (χ1v) is 11.1. The Morgan fingerprint density at radius 2 is 2.10 bits per heavy atom. The van der Waals surface area contributed by atoms with E-state index in [9.17, 15) is 4.79 Å². The van der Waals surface area contributed by atoms with E-state index in [2.05, 4.69) is 16.1 Å². The fraction of sp³-hybridized carbons (Fsp3) is 0.333. The van der Waals surface area contributed by atoms with Crippen molar-refractivity contribution in [3.05, 3.63) is 58.9 Å². The average Bonchev–Trinajstić information content (AvgIpc) is 3.23. The summed E-state index contributed by atoms with van der Waals surface area (Å²) in [6, 6.07) is 11.5. The van der Waals surface area contributed by atoms with Gasteiger partial charge in [-0.05, 0) is 67.9 Å². The molecule has 0 saturated heterocycles. The third-order valence-electron chi connectivity index (χ3n) is 4.82. The monoisotopic (exact) mass is 435 g/mol. The van der Waals surface area contributed by atoms with Crippen LogP contribution in [0.5, 0.6) is 5.75 Å². The lowest BCUT2D eigenvalue weighted by molar-refractivity contribution is -0.137. The Morgan fingerprint density at radius 3 is 2.77 bits per heavy atom. The van der Waals surface area contributed by atoms with E-state index in [1.807, 2.05) is 44.2 Å². The number of aliphatic carboxylic acids is 1. The van der Waals surface area contributed by atoms with Crippen molar-refractivity contribution >= 4 is 23.2 Å². The molecule has 2 aromatic carbocycles. The molecule has 0 atom stereocenters. The number of aromatic nitrogens is 2. The molecule has 0 amide bonds. The minimum atomic E-state index is -0.774. The Labute approximate surface area is 186 Å². The van der Waals surface area contributed by atoms with Crippen LogP contribution < -0.4 is 4.74 Å². The second-order valence-electron chi connectivity index (χ2n) is 7.43. The smallest absolute Gasteiger partial charge is 0.303 e. The van der Waals surface area contributed by atoms with E-state index in [0.717, 1.165) is 33.7 Å². The highest BCUT2D eigenvalue weighted by atomic mass is 32.1. The van der Waals surface area contributed by atoms with E-state index in [0.29, 0.717) is 30.1 Å². The Bertz CT molecular complexity index is 1120. The highest BCUT2D eigenvalue weighted by Gasteiger charge is 2.16. The van der Waals surface area contributed by atoms with Gasteiger partial charge in [-0.2, -0.15) is 4.37 Å². The number of carboxylic acids is 1. The van der Waals surface area contributed by atoms with E-state index in [4.69, 9.17) is 21.4 Å². The summed E-state index contributed by atoms with van der Waals surface area (Å²) in [5, 5.41) is 9.66. The lowest BCUT2D eigenvalue weighted by Crippen LogP contribution is -2.05. The zero-order valence-corrected chi connectivity index (χ0v) is 18.7. The second kappa shape index (κ2) is 10.2. The normalized spacial score (nSPS) is 10.8. The van der Waals surface area contributed by atoms with E-state index in [1.165, 1.54) is 11.5 Å². The summed E-state index contributed by atoms with van der Waals surface area (Å²) in [4.78, 5) is 19.2.